The monoisotopic (exact) mass is 484 g/mol. The number of imidazole rings is 1. The van der Waals surface area contributed by atoms with Crippen molar-refractivity contribution >= 4 is 17.0 Å². The summed E-state index contributed by atoms with van der Waals surface area (Å²) in [5.41, 5.74) is 4.85. The molecule has 3 aromatic rings. The van der Waals surface area contributed by atoms with Gasteiger partial charge < -0.3 is 14.4 Å². The number of rotatable bonds is 5. The minimum Gasteiger partial charge on any atom is -0.348 e. The first-order chi connectivity index (χ1) is 17.5. The second kappa shape index (κ2) is 10.7. The molecule has 0 saturated carbocycles. The lowest BCUT2D eigenvalue weighted by Crippen LogP contribution is -2.46. The number of aliphatic imine (C=N–C) groups is 1. The third kappa shape index (κ3) is 4.93. The van der Waals surface area contributed by atoms with E-state index in [1.54, 1.807) is 0 Å². The molecular weight excluding hydrogens is 448 g/mol. The molecule has 1 fully saturated rings. The molecule has 1 aromatic carbocycles. The lowest BCUT2D eigenvalue weighted by molar-refractivity contribution is 0.194. The van der Waals surface area contributed by atoms with Gasteiger partial charge in [-0.2, -0.15) is 5.26 Å². The number of aromatic nitrogens is 3. The van der Waals surface area contributed by atoms with Crippen LogP contribution in [-0.4, -0.2) is 69.4 Å². The fourth-order valence-electron chi connectivity index (χ4n) is 5.95. The van der Waals surface area contributed by atoms with Crippen molar-refractivity contribution in [3.05, 3.63) is 59.7 Å². The standard InChI is InChI=1S/C28H36N8/c1-33(2)28(31-20-29)35-16-8-9-21(17-35)18-36-24-13-5-4-12-23(24)32-26(36)19-34(3)25-14-6-10-22-11-7-15-30-27(22)25/h4-5,7,11-13,15,21,25H,6,8-10,14,16-19H2,1-3H3/t21-,25-/m0/s1. The van der Waals surface area contributed by atoms with Crippen LogP contribution >= 0.6 is 0 Å². The van der Waals surface area contributed by atoms with Gasteiger partial charge in [-0.05, 0) is 68.8 Å². The molecule has 1 aliphatic carbocycles. The zero-order chi connectivity index (χ0) is 25.1. The van der Waals surface area contributed by atoms with Crippen LogP contribution in [0.4, 0.5) is 0 Å². The highest BCUT2D eigenvalue weighted by Crippen LogP contribution is 2.33. The van der Waals surface area contributed by atoms with E-state index in [2.05, 4.69) is 62.8 Å². The molecule has 2 aliphatic rings. The zero-order valence-electron chi connectivity index (χ0n) is 21.6. The molecular formula is C28H36N8. The van der Waals surface area contributed by atoms with Gasteiger partial charge in [-0.15, -0.1) is 4.99 Å². The summed E-state index contributed by atoms with van der Waals surface area (Å²) >= 11 is 0. The predicted molar refractivity (Wildman–Crippen MR) is 142 cm³/mol. The van der Waals surface area contributed by atoms with E-state index in [-0.39, 0.29) is 0 Å². The Morgan fingerprint density at radius 1 is 1.14 bits per heavy atom. The molecule has 8 nitrogen and oxygen atoms in total. The molecule has 0 unspecified atom stereocenters. The Labute approximate surface area is 213 Å². The largest absolute Gasteiger partial charge is 0.348 e. The number of guanidine groups is 1. The first-order valence-corrected chi connectivity index (χ1v) is 13.0. The van der Waals surface area contributed by atoms with Crippen molar-refractivity contribution in [2.24, 2.45) is 10.9 Å². The van der Waals surface area contributed by atoms with Gasteiger partial charge in [0, 0.05) is 39.9 Å². The molecule has 8 heteroatoms. The molecule has 188 valence electrons. The molecule has 1 saturated heterocycles. The van der Waals surface area contributed by atoms with Crippen LogP contribution in [0, 0.1) is 17.4 Å². The number of pyridine rings is 1. The molecule has 0 radical (unpaired) electrons. The number of likely N-dealkylation sites (tertiary alicyclic amines) is 1. The van der Waals surface area contributed by atoms with E-state index in [9.17, 15) is 5.26 Å². The zero-order valence-corrected chi connectivity index (χ0v) is 21.6. The molecule has 2 aromatic heterocycles. The number of benzene rings is 1. The molecule has 5 rings (SSSR count). The third-order valence-corrected chi connectivity index (χ3v) is 7.61. The van der Waals surface area contributed by atoms with Crippen LogP contribution < -0.4 is 0 Å². The topological polar surface area (TPSA) is 76.6 Å². The van der Waals surface area contributed by atoms with Crippen LogP contribution in [0.25, 0.3) is 11.0 Å². The Bertz CT molecular complexity index is 1270. The molecule has 0 amide bonds. The Morgan fingerprint density at radius 3 is 2.83 bits per heavy atom. The SMILES string of the molecule is CN(C)C(=NC#N)N1CCC[C@H](Cn2c(CN(C)[C@H]3CCCc4cccnc43)nc3ccccc32)C1. The number of nitriles is 1. The summed E-state index contributed by atoms with van der Waals surface area (Å²) in [6.45, 7) is 3.52. The normalized spacial score (nSPS) is 20.4. The summed E-state index contributed by atoms with van der Waals surface area (Å²) in [5.74, 6) is 2.32. The Kier molecular flexibility index (Phi) is 7.19. The summed E-state index contributed by atoms with van der Waals surface area (Å²) in [5, 5.41) is 9.18. The summed E-state index contributed by atoms with van der Waals surface area (Å²) in [6.07, 6.45) is 9.60. The van der Waals surface area contributed by atoms with Gasteiger partial charge >= 0.3 is 0 Å². The first-order valence-electron chi connectivity index (χ1n) is 13.0. The highest BCUT2D eigenvalue weighted by Gasteiger charge is 2.28. The van der Waals surface area contributed by atoms with Crippen molar-refractivity contribution in [2.75, 3.05) is 34.2 Å². The quantitative estimate of drug-likeness (QED) is 0.309. The van der Waals surface area contributed by atoms with Gasteiger partial charge in [-0.1, -0.05) is 18.2 Å². The van der Waals surface area contributed by atoms with Crippen LogP contribution in [-0.2, 0) is 19.5 Å². The average Bonchev–Trinajstić information content (AvgIpc) is 3.23. The molecule has 0 bridgehead atoms. The van der Waals surface area contributed by atoms with E-state index in [0.717, 1.165) is 69.2 Å². The van der Waals surface area contributed by atoms with Crippen molar-refractivity contribution in [1.82, 2.24) is 29.2 Å². The van der Waals surface area contributed by atoms with Gasteiger partial charge in [-0.25, -0.2) is 4.98 Å². The molecule has 36 heavy (non-hydrogen) atoms. The molecule has 1 aliphatic heterocycles. The molecule has 0 N–H and O–H groups in total. The van der Waals surface area contributed by atoms with Crippen molar-refractivity contribution in [3.63, 3.8) is 0 Å². The predicted octanol–water partition coefficient (Wildman–Crippen LogP) is 4.05. The maximum Gasteiger partial charge on any atom is 0.212 e. The van der Waals surface area contributed by atoms with E-state index in [1.807, 2.05) is 31.4 Å². The molecule has 0 spiro atoms. The Morgan fingerprint density at radius 2 is 2.00 bits per heavy atom. The van der Waals surface area contributed by atoms with Crippen LogP contribution in [0.3, 0.4) is 0 Å². The number of para-hydroxylation sites is 2. The highest BCUT2D eigenvalue weighted by molar-refractivity contribution is 5.80. The maximum absolute atomic E-state index is 9.18. The summed E-state index contributed by atoms with van der Waals surface area (Å²) in [6, 6.07) is 13.1. The second-order valence-corrected chi connectivity index (χ2v) is 10.4. The van der Waals surface area contributed by atoms with Gasteiger partial charge in [0.2, 0.25) is 12.2 Å². The van der Waals surface area contributed by atoms with Crippen molar-refractivity contribution in [2.45, 2.75) is 51.2 Å². The van der Waals surface area contributed by atoms with Crippen molar-refractivity contribution < 1.29 is 0 Å². The van der Waals surface area contributed by atoms with Crippen LogP contribution in [0.1, 0.15) is 48.8 Å². The fourth-order valence-corrected chi connectivity index (χ4v) is 5.95. The highest BCUT2D eigenvalue weighted by atomic mass is 15.4. The van der Waals surface area contributed by atoms with Gasteiger partial charge in [0.25, 0.3) is 0 Å². The van der Waals surface area contributed by atoms with Crippen LogP contribution in [0.15, 0.2) is 47.6 Å². The van der Waals surface area contributed by atoms with E-state index >= 15 is 0 Å². The van der Waals surface area contributed by atoms with Crippen molar-refractivity contribution in [1.29, 1.82) is 5.26 Å². The molecule has 3 heterocycles. The van der Waals surface area contributed by atoms with Gasteiger partial charge in [-0.3, -0.25) is 9.88 Å². The van der Waals surface area contributed by atoms with Crippen LogP contribution in [0.5, 0.6) is 0 Å². The minimum absolute atomic E-state index is 0.318. The lowest BCUT2D eigenvalue weighted by Gasteiger charge is -2.37. The number of nitrogens with zero attached hydrogens (tertiary/aromatic N) is 8. The smallest absolute Gasteiger partial charge is 0.212 e. The first kappa shape index (κ1) is 24.3. The molecule has 2 atom stereocenters. The number of hydrogen-bond donors (Lipinski definition) is 0. The summed E-state index contributed by atoms with van der Waals surface area (Å²) < 4.78 is 2.43. The van der Waals surface area contributed by atoms with Gasteiger partial charge in [0.05, 0.1) is 29.3 Å². The maximum atomic E-state index is 9.18. The van der Waals surface area contributed by atoms with E-state index in [0.29, 0.717) is 12.0 Å². The summed E-state index contributed by atoms with van der Waals surface area (Å²) in [4.78, 5) is 20.6. The second-order valence-electron chi connectivity index (χ2n) is 10.4. The number of fused-ring (bicyclic) bond motifs is 2. The Balaban J connectivity index is 1.39. The fraction of sp³-hybridized carbons (Fsp3) is 0.500. The number of hydrogen-bond acceptors (Lipinski definition) is 5. The van der Waals surface area contributed by atoms with Gasteiger partial charge in [0.15, 0.2) is 0 Å². The lowest BCUT2D eigenvalue weighted by atomic mass is 9.91. The summed E-state index contributed by atoms with van der Waals surface area (Å²) in [7, 11) is 6.12. The average molecular weight is 485 g/mol. The number of piperidine rings is 1. The van der Waals surface area contributed by atoms with E-state index < -0.39 is 0 Å². The third-order valence-electron chi connectivity index (χ3n) is 7.61. The minimum atomic E-state index is 0.318. The van der Waals surface area contributed by atoms with Crippen LogP contribution in [0.2, 0.25) is 0 Å². The van der Waals surface area contributed by atoms with Gasteiger partial charge in [0.1, 0.15) is 5.82 Å². The van der Waals surface area contributed by atoms with Crippen molar-refractivity contribution in [3.8, 4) is 6.19 Å². The Hall–Kier alpha value is -3.44. The number of aryl methyl sites for hydroxylation is 1. The van der Waals surface area contributed by atoms with E-state index in [4.69, 9.17) is 9.97 Å². The van der Waals surface area contributed by atoms with E-state index in [1.165, 1.54) is 23.2 Å².